The van der Waals surface area contributed by atoms with Crippen LogP contribution in [0.4, 0.5) is 0 Å². The van der Waals surface area contributed by atoms with E-state index in [9.17, 15) is 19.8 Å². The molecule has 7 heteroatoms. The van der Waals surface area contributed by atoms with Gasteiger partial charge in [-0.1, -0.05) is 66.2 Å². The van der Waals surface area contributed by atoms with E-state index in [1.807, 2.05) is 0 Å². The van der Waals surface area contributed by atoms with E-state index in [4.69, 9.17) is 9.47 Å². The predicted molar refractivity (Wildman–Crippen MR) is 111 cm³/mol. The lowest BCUT2D eigenvalue weighted by Gasteiger charge is -2.20. The van der Waals surface area contributed by atoms with Crippen LogP contribution >= 0.6 is 11.3 Å². The Morgan fingerprint density at radius 3 is 1.45 bits per heavy atom. The molecule has 2 atom stereocenters. The third-order valence-electron chi connectivity index (χ3n) is 5.21. The van der Waals surface area contributed by atoms with E-state index in [1.165, 1.54) is 0 Å². The van der Waals surface area contributed by atoms with E-state index in [0.29, 0.717) is 24.6 Å². The molecule has 0 saturated heterocycles. The summed E-state index contributed by atoms with van der Waals surface area (Å²) in [5.74, 6) is -2.48. The second-order valence-electron chi connectivity index (χ2n) is 7.45. The lowest BCUT2D eigenvalue weighted by molar-refractivity contribution is -0.255. The van der Waals surface area contributed by atoms with Gasteiger partial charge in [-0.3, -0.25) is 0 Å². The van der Waals surface area contributed by atoms with Crippen LogP contribution in [0.2, 0.25) is 0 Å². The van der Waals surface area contributed by atoms with Crippen LogP contribution in [0.5, 0.6) is 11.5 Å². The van der Waals surface area contributed by atoms with E-state index < -0.39 is 11.9 Å². The van der Waals surface area contributed by atoms with Gasteiger partial charge in [-0.15, -0.1) is 11.3 Å². The third kappa shape index (κ3) is 7.88. The van der Waals surface area contributed by atoms with E-state index in [1.54, 1.807) is 0 Å². The van der Waals surface area contributed by atoms with Gasteiger partial charge in [0.2, 0.25) is 0 Å². The summed E-state index contributed by atoms with van der Waals surface area (Å²) in [6.07, 6.45) is 7.97. The Morgan fingerprint density at radius 1 is 0.793 bits per heavy atom. The van der Waals surface area contributed by atoms with Gasteiger partial charge in [-0.05, 0) is 24.7 Å². The minimum Gasteiger partial charge on any atom is -0.544 e. The fraction of sp³-hybridized carbons (Fsp3) is 0.727. The number of rotatable bonds is 16. The van der Waals surface area contributed by atoms with Crippen molar-refractivity contribution in [2.45, 2.75) is 79.1 Å². The quantitative estimate of drug-likeness (QED) is 0.400. The van der Waals surface area contributed by atoms with Crippen LogP contribution in [-0.2, 0) is 0 Å². The summed E-state index contributed by atoms with van der Waals surface area (Å²) in [5.41, 5.74) is 0. The largest absolute Gasteiger partial charge is 0.544 e. The standard InChI is InChI=1S/C22H36O6S/c1-5-9-11-15(7-3)13-27-17-18(28-14-16(8-4)12-10-6-2)20(22(25)26)29-19(17)21(23)24/h15-16H,5-14H2,1-4H3,(H,23,24)(H,25,26)/p-2/t15-,16+. The van der Waals surface area contributed by atoms with Crippen LogP contribution < -0.4 is 19.7 Å². The lowest BCUT2D eigenvalue weighted by atomic mass is 10.0. The normalized spacial score (nSPS) is 13.1. The van der Waals surface area contributed by atoms with Crippen LogP contribution in [0.1, 0.15) is 98.4 Å². The van der Waals surface area contributed by atoms with E-state index in [-0.39, 0.29) is 33.1 Å². The molecule has 0 aromatic carbocycles. The van der Waals surface area contributed by atoms with Gasteiger partial charge in [0, 0.05) is 0 Å². The Morgan fingerprint density at radius 2 is 1.17 bits per heavy atom. The third-order valence-corrected chi connectivity index (χ3v) is 6.32. The number of thiophene rings is 1. The van der Waals surface area contributed by atoms with Crippen molar-refractivity contribution < 1.29 is 29.3 Å². The van der Waals surface area contributed by atoms with Gasteiger partial charge in [-0.25, -0.2) is 0 Å². The number of hydrogen-bond donors (Lipinski definition) is 0. The minimum atomic E-state index is -1.47. The minimum absolute atomic E-state index is 0.0329. The van der Waals surface area contributed by atoms with Crippen molar-refractivity contribution in [3.63, 3.8) is 0 Å². The van der Waals surface area contributed by atoms with Crippen molar-refractivity contribution in [1.29, 1.82) is 0 Å². The Balaban J connectivity index is 3.09. The topological polar surface area (TPSA) is 98.7 Å². The number of carbonyl (C=O) groups is 2. The first-order valence-electron chi connectivity index (χ1n) is 10.7. The molecule has 0 fully saturated rings. The highest BCUT2D eigenvalue weighted by atomic mass is 32.1. The summed E-state index contributed by atoms with van der Waals surface area (Å²) in [5, 5.41) is 23.2. The number of unbranched alkanes of at least 4 members (excludes halogenated alkanes) is 2. The van der Waals surface area contributed by atoms with Crippen molar-refractivity contribution >= 4 is 23.3 Å². The van der Waals surface area contributed by atoms with Gasteiger partial charge in [0.1, 0.15) is 0 Å². The highest BCUT2D eigenvalue weighted by molar-refractivity contribution is 7.16. The zero-order valence-corrected chi connectivity index (χ0v) is 18.9. The average molecular weight is 427 g/mol. The molecule has 166 valence electrons. The molecule has 0 unspecified atom stereocenters. The van der Waals surface area contributed by atoms with Crippen LogP contribution in [0.25, 0.3) is 0 Å². The molecular weight excluding hydrogens is 392 g/mol. The van der Waals surface area contributed by atoms with Gasteiger partial charge in [-0.2, -0.15) is 0 Å². The maximum absolute atomic E-state index is 11.6. The maximum atomic E-state index is 11.6. The van der Waals surface area contributed by atoms with Crippen molar-refractivity contribution in [3.8, 4) is 11.5 Å². The Bertz CT molecular complexity index is 587. The molecule has 0 N–H and O–H groups in total. The maximum Gasteiger partial charge on any atom is 0.181 e. The first kappa shape index (κ1) is 25.3. The second kappa shape index (κ2) is 13.5. The lowest BCUT2D eigenvalue weighted by Crippen LogP contribution is -2.22. The molecule has 0 aliphatic carbocycles. The van der Waals surface area contributed by atoms with Crippen molar-refractivity contribution in [3.05, 3.63) is 9.75 Å². The summed E-state index contributed by atoms with van der Waals surface area (Å²) >= 11 is 0.583. The molecule has 0 amide bonds. The number of carbonyl (C=O) groups excluding carboxylic acids is 2. The molecule has 0 radical (unpaired) electrons. The predicted octanol–water partition coefficient (Wildman–Crippen LogP) is 3.67. The number of hydrogen-bond acceptors (Lipinski definition) is 7. The van der Waals surface area contributed by atoms with Crippen molar-refractivity contribution in [2.24, 2.45) is 11.8 Å². The summed E-state index contributed by atoms with van der Waals surface area (Å²) in [7, 11) is 0. The van der Waals surface area contributed by atoms with E-state index in [0.717, 1.165) is 51.4 Å². The van der Waals surface area contributed by atoms with Gasteiger partial charge < -0.3 is 29.3 Å². The first-order chi connectivity index (χ1) is 13.9. The summed E-state index contributed by atoms with van der Waals surface area (Å²) < 4.78 is 11.7. The fourth-order valence-corrected chi connectivity index (χ4v) is 3.99. The van der Waals surface area contributed by atoms with Gasteiger partial charge in [0.15, 0.2) is 11.5 Å². The monoisotopic (exact) mass is 426 g/mol. The highest BCUT2D eigenvalue weighted by Gasteiger charge is 2.24. The molecule has 29 heavy (non-hydrogen) atoms. The van der Waals surface area contributed by atoms with Crippen LogP contribution in [-0.4, -0.2) is 25.2 Å². The molecule has 0 bridgehead atoms. The molecule has 1 heterocycles. The number of aromatic carboxylic acids is 2. The molecule has 6 nitrogen and oxygen atoms in total. The zero-order chi connectivity index (χ0) is 21.8. The molecule has 1 rings (SSSR count). The molecule has 0 spiro atoms. The molecule has 0 saturated carbocycles. The van der Waals surface area contributed by atoms with Crippen LogP contribution in [0.15, 0.2) is 0 Å². The fourth-order valence-electron chi connectivity index (χ4n) is 3.13. The molecule has 0 aliphatic heterocycles. The zero-order valence-electron chi connectivity index (χ0n) is 18.1. The Labute approximate surface area is 178 Å². The Kier molecular flexibility index (Phi) is 11.7. The average Bonchev–Trinajstić information content (AvgIpc) is 3.07. The van der Waals surface area contributed by atoms with Gasteiger partial charge in [0.25, 0.3) is 0 Å². The molecule has 0 aliphatic rings. The van der Waals surface area contributed by atoms with Crippen LogP contribution in [0.3, 0.4) is 0 Å². The molecule has 1 aromatic heterocycles. The summed E-state index contributed by atoms with van der Waals surface area (Å²) in [4.78, 5) is 22.6. The summed E-state index contributed by atoms with van der Waals surface area (Å²) in [6, 6.07) is 0. The number of carboxylic acid groups (broad SMARTS) is 2. The number of ether oxygens (including phenoxy) is 2. The van der Waals surface area contributed by atoms with E-state index >= 15 is 0 Å². The first-order valence-corrected chi connectivity index (χ1v) is 11.6. The summed E-state index contributed by atoms with van der Waals surface area (Å²) in [6.45, 7) is 8.96. The SMILES string of the molecule is CCCC[C@@H](CC)COc1c(C(=O)[O-])sc(C(=O)[O-])c1OC[C@@H](CC)CCCC. The van der Waals surface area contributed by atoms with Crippen molar-refractivity contribution in [1.82, 2.24) is 0 Å². The van der Waals surface area contributed by atoms with Crippen LogP contribution in [0, 0.1) is 11.8 Å². The molecule has 1 aromatic rings. The Hall–Kier alpha value is -1.76. The van der Waals surface area contributed by atoms with Gasteiger partial charge >= 0.3 is 0 Å². The smallest absolute Gasteiger partial charge is 0.181 e. The van der Waals surface area contributed by atoms with E-state index in [2.05, 4.69) is 27.7 Å². The molecular formula is C22H34O6S-2. The van der Waals surface area contributed by atoms with Gasteiger partial charge in [0.05, 0.1) is 34.9 Å². The second-order valence-corrected chi connectivity index (χ2v) is 8.47. The number of carboxylic acids is 2. The van der Waals surface area contributed by atoms with Crippen molar-refractivity contribution in [2.75, 3.05) is 13.2 Å². The highest BCUT2D eigenvalue weighted by Crippen LogP contribution is 2.42.